The third-order valence-electron chi connectivity index (χ3n) is 4.71. The zero-order valence-electron chi connectivity index (χ0n) is 14.7. The van der Waals surface area contributed by atoms with Crippen LogP contribution in [-0.2, 0) is 6.54 Å². The molecule has 3 heterocycles. The van der Waals surface area contributed by atoms with Crippen LogP contribution in [0.2, 0.25) is 0 Å². The van der Waals surface area contributed by atoms with Crippen LogP contribution in [0.3, 0.4) is 0 Å². The Morgan fingerprint density at radius 3 is 2.88 bits per heavy atom. The molecule has 1 atom stereocenters. The van der Waals surface area contributed by atoms with Crippen molar-refractivity contribution in [3.8, 4) is 0 Å². The van der Waals surface area contributed by atoms with Crippen LogP contribution < -0.4 is 10.2 Å². The summed E-state index contributed by atoms with van der Waals surface area (Å²) in [6, 6.07) is 1.90. The highest BCUT2D eigenvalue weighted by Crippen LogP contribution is 2.18. The van der Waals surface area contributed by atoms with Gasteiger partial charge in [0.1, 0.15) is 5.82 Å². The van der Waals surface area contributed by atoms with Crippen molar-refractivity contribution in [2.45, 2.75) is 46.3 Å². The number of hydrogen-bond acceptors (Lipinski definition) is 6. The maximum atomic E-state index is 9.82. The van der Waals surface area contributed by atoms with Gasteiger partial charge in [-0.3, -0.25) is 4.68 Å². The van der Waals surface area contributed by atoms with Gasteiger partial charge < -0.3 is 15.3 Å². The molecule has 0 aromatic carbocycles. The summed E-state index contributed by atoms with van der Waals surface area (Å²) in [5, 5.41) is 17.6. The van der Waals surface area contributed by atoms with Gasteiger partial charge in [0.05, 0.1) is 18.3 Å². The lowest BCUT2D eigenvalue weighted by Gasteiger charge is -2.31. The number of nitrogens with one attached hydrogen (secondary N) is 1. The maximum absolute atomic E-state index is 9.82. The SMILES string of the molecule is Cc1nn(CCNc2nccc(N3CCCC(O)C3)n2)c(C)c1C. The lowest BCUT2D eigenvalue weighted by Crippen LogP contribution is -2.38. The van der Waals surface area contributed by atoms with Crippen molar-refractivity contribution >= 4 is 11.8 Å². The normalized spacial score (nSPS) is 18.0. The standard InChI is InChI=1S/C17H26N6O/c1-12-13(2)21-23(14(12)3)10-8-19-17-18-7-6-16(20-17)22-9-4-5-15(24)11-22/h6-7,15,24H,4-5,8-11H2,1-3H3,(H,18,19,20). The zero-order chi connectivity index (χ0) is 17.1. The molecular formula is C17H26N6O. The molecule has 2 aromatic heterocycles. The third-order valence-corrected chi connectivity index (χ3v) is 4.71. The van der Waals surface area contributed by atoms with Crippen LogP contribution in [0.1, 0.15) is 29.8 Å². The molecule has 0 bridgehead atoms. The molecule has 1 saturated heterocycles. The predicted molar refractivity (Wildman–Crippen MR) is 94.4 cm³/mol. The average Bonchev–Trinajstić information content (AvgIpc) is 2.82. The van der Waals surface area contributed by atoms with Crippen LogP contribution in [0.15, 0.2) is 12.3 Å². The molecule has 24 heavy (non-hydrogen) atoms. The fourth-order valence-electron chi connectivity index (χ4n) is 3.05. The number of aromatic nitrogens is 4. The van der Waals surface area contributed by atoms with Gasteiger partial charge in [0.15, 0.2) is 0 Å². The lowest BCUT2D eigenvalue weighted by atomic mass is 10.1. The Kier molecular flexibility index (Phi) is 4.99. The molecule has 1 unspecified atom stereocenters. The molecule has 0 radical (unpaired) electrons. The number of aliphatic hydroxyl groups is 1. The van der Waals surface area contributed by atoms with Gasteiger partial charge >= 0.3 is 0 Å². The molecule has 0 spiro atoms. The van der Waals surface area contributed by atoms with E-state index in [4.69, 9.17) is 0 Å². The molecule has 0 amide bonds. The van der Waals surface area contributed by atoms with Crippen LogP contribution in [0.5, 0.6) is 0 Å². The van der Waals surface area contributed by atoms with Crippen molar-refractivity contribution < 1.29 is 5.11 Å². The van der Waals surface area contributed by atoms with Crippen molar-refractivity contribution in [2.24, 2.45) is 0 Å². The molecule has 130 valence electrons. The smallest absolute Gasteiger partial charge is 0.224 e. The first-order valence-electron chi connectivity index (χ1n) is 8.55. The third kappa shape index (κ3) is 3.67. The van der Waals surface area contributed by atoms with Gasteiger partial charge in [-0.1, -0.05) is 0 Å². The first kappa shape index (κ1) is 16.7. The van der Waals surface area contributed by atoms with Crippen molar-refractivity contribution in [1.82, 2.24) is 19.7 Å². The second-order valence-corrected chi connectivity index (χ2v) is 6.43. The van der Waals surface area contributed by atoms with Gasteiger partial charge in [-0.15, -0.1) is 0 Å². The summed E-state index contributed by atoms with van der Waals surface area (Å²) in [5.74, 6) is 1.49. The first-order valence-corrected chi connectivity index (χ1v) is 8.55. The Hall–Kier alpha value is -2.15. The predicted octanol–water partition coefficient (Wildman–Crippen LogP) is 1.67. The van der Waals surface area contributed by atoms with Crippen LogP contribution >= 0.6 is 0 Å². The molecule has 0 aliphatic carbocycles. The zero-order valence-corrected chi connectivity index (χ0v) is 14.7. The van der Waals surface area contributed by atoms with E-state index < -0.39 is 0 Å². The largest absolute Gasteiger partial charge is 0.391 e. The van der Waals surface area contributed by atoms with Gasteiger partial charge in [-0.05, 0) is 45.2 Å². The van der Waals surface area contributed by atoms with E-state index in [0.717, 1.165) is 37.4 Å². The Bertz CT molecular complexity index is 698. The Labute approximate surface area is 142 Å². The molecule has 0 saturated carbocycles. The maximum Gasteiger partial charge on any atom is 0.224 e. The highest BCUT2D eigenvalue weighted by Gasteiger charge is 2.19. The summed E-state index contributed by atoms with van der Waals surface area (Å²) in [6.45, 7) is 9.28. The monoisotopic (exact) mass is 330 g/mol. The highest BCUT2D eigenvalue weighted by atomic mass is 16.3. The van der Waals surface area contributed by atoms with Crippen molar-refractivity contribution in [2.75, 3.05) is 29.9 Å². The van der Waals surface area contributed by atoms with E-state index in [2.05, 4.69) is 39.1 Å². The van der Waals surface area contributed by atoms with Gasteiger partial charge in [0.25, 0.3) is 0 Å². The van der Waals surface area contributed by atoms with E-state index >= 15 is 0 Å². The van der Waals surface area contributed by atoms with Gasteiger partial charge in [0, 0.05) is 31.5 Å². The lowest BCUT2D eigenvalue weighted by molar-refractivity contribution is 0.154. The molecule has 2 N–H and O–H groups in total. The number of β-amino-alcohol motifs (C(OH)–C–C–N with tert-alkyl or cyclic N) is 1. The Morgan fingerprint density at radius 1 is 1.33 bits per heavy atom. The highest BCUT2D eigenvalue weighted by molar-refractivity contribution is 5.43. The number of aliphatic hydroxyl groups excluding tert-OH is 1. The van der Waals surface area contributed by atoms with E-state index in [1.165, 1.54) is 11.3 Å². The van der Waals surface area contributed by atoms with E-state index in [1.54, 1.807) is 6.20 Å². The molecule has 1 aliphatic heterocycles. The molecule has 7 heteroatoms. The van der Waals surface area contributed by atoms with Gasteiger partial charge in [0.2, 0.25) is 5.95 Å². The summed E-state index contributed by atoms with van der Waals surface area (Å²) in [6.07, 6.45) is 3.36. The minimum absolute atomic E-state index is 0.264. The summed E-state index contributed by atoms with van der Waals surface area (Å²) >= 11 is 0. The summed E-state index contributed by atoms with van der Waals surface area (Å²) < 4.78 is 2.02. The Balaban J connectivity index is 1.59. The topological polar surface area (TPSA) is 79.1 Å². The van der Waals surface area contributed by atoms with E-state index in [9.17, 15) is 5.11 Å². The fraction of sp³-hybridized carbons (Fsp3) is 0.588. The van der Waals surface area contributed by atoms with Crippen LogP contribution in [0, 0.1) is 20.8 Å². The molecule has 3 rings (SSSR count). The average molecular weight is 330 g/mol. The number of aryl methyl sites for hydroxylation is 1. The minimum Gasteiger partial charge on any atom is -0.391 e. The number of rotatable bonds is 5. The molecular weight excluding hydrogens is 304 g/mol. The van der Waals surface area contributed by atoms with Crippen molar-refractivity contribution in [3.63, 3.8) is 0 Å². The summed E-state index contributed by atoms with van der Waals surface area (Å²) in [4.78, 5) is 11.0. The minimum atomic E-state index is -0.264. The fourth-order valence-corrected chi connectivity index (χ4v) is 3.05. The molecule has 7 nitrogen and oxygen atoms in total. The van der Waals surface area contributed by atoms with Crippen molar-refractivity contribution in [3.05, 3.63) is 29.2 Å². The van der Waals surface area contributed by atoms with E-state index in [1.807, 2.05) is 17.7 Å². The first-order chi connectivity index (χ1) is 11.5. The van der Waals surface area contributed by atoms with E-state index in [0.29, 0.717) is 19.0 Å². The summed E-state index contributed by atoms with van der Waals surface area (Å²) in [5.41, 5.74) is 3.53. The van der Waals surface area contributed by atoms with Gasteiger partial charge in [-0.25, -0.2) is 4.98 Å². The van der Waals surface area contributed by atoms with Crippen LogP contribution in [0.4, 0.5) is 11.8 Å². The second-order valence-electron chi connectivity index (χ2n) is 6.43. The van der Waals surface area contributed by atoms with Crippen molar-refractivity contribution in [1.29, 1.82) is 0 Å². The quantitative estimate of drug-likeness (QED) is 0.868. The molecule has 2 aromatic rings. The Morgan fingerprint density at radius 2 is 2.17 bits per heavy atom. The molecule has 1 aliphatic rings. The number of piperidine rings is 1. The number of hydrogen-bond donors (Lipinski definition) is 2. The number of nitrogens with zero attached hydrogens (tertiary/aromatic N) is 5. The van der Waals surface area contributed by atoms with Crippen LogP contribution in [-0.4, -0.2) is 50.6 Å². The van der Waals surface area contributed by atoms with Crippen LogP contribution in [0.25, 0.3) is 0 Å². The second kappa shape index (κ2) is 7.17. The number of anilines is 2. The van der Waals surface area contributed by atoms with E-state index in [-0.39, 0.29) is 6.10 Å². The molecule has 1 fully saturated rings. The summed E-state index contributed by atoms with van der Waals surface area (Å²) in [7, 11) is 0. The van der Waals surface area contributed by atoms with Gasteiger partial charge in [-0.2, -0.15) is 10.1 Å².